The van der Waals surface area contributed by atoms with E-state index < -0.39 is 5.54 Å². The third-order valence-corrected chi connectivity index (χ3v) is 4.93. The van der Waals surface area contributed by atoms with Crippen LogP contribution < -0.4 is 5.73 Å². The molecule has 2 unspecified atom stereocenters. The van der Waals surface area contributed by atoms with Gasteiger partial charge in [-0.15, -0.1) is 0 Å². The van der Waals surface area contributed by atoms with E-state index in [9.17, 15) is 4.39 Å². The molecule has 2 atom stereocenters. The van der Waals surface area contributed by atoms with Crippen LogP contribution in [0.15, 0.2) is 24.3 Å². The van der Waals surface area contributed by atoms with E-state index in [0.29, 0.717) is 5.56 Å². The minimum absolute atomic E-state index is 0.139. The van der Waals surface area contributed by atoms with Gasteiger partial charge in [0.05, 0.1) is 5.54 Å². The normalized spacial score (nSPS) is 21.7. The molecule has 0 bridgehead atoms. The maximum atomic E-state index is 14.3. The summed E-state index contributed by atoms with van der Waals surface area (Å²) in [4.78, 5) is 2.43. The molecule has 2 N–H and O–H groups in total. The molecule has 1 aliphatic rings. The predicted octanol–water partition coefficient (Wildman–Crippen LogP) is 3.51. The number of piperidine rings is 1. The Kier molecular flexibility index (Phi) is 4.82. The summed E-state index contributed by atoms with van der Waals surface area (Å²) in [6.07, 6.45) is 3.73. The van der Waals surface area contributed by atoms with Gasteiger partial charge in [0.2, 0.25) is 0 Å². The van der Waals surface area contributed by atoms with E-state index >= 15 is 0 Å². The molecule has 1 aliphatic heterocycles. The first-order valence-corrected chi connectivity index (χ1v) is 7.76. The third kappa shape index (κ3) is 2.75. The summed E-state index contributed by atoms with van der Waals surface area (Å²) < 4.78 is 14.3. The molecular formula is C17H27FN2. The Hall–Kier alpha value is -0.930. The second-order valence-electron chi connectivity index (χ2n) is 6.34. The van der Waals surface area contributed by atoms with E-state index in [1.165, 1.54) is 25.3 Å². The standard InChI is InChI=1S/C17H27FN2/c1-13(2)17(19,15-9-5-6-10-16(15)18)14(3)20-11-7-4-8-12-20/h5-6,9-10,13-14H,4,7-8,11-12,19H2,1-3H3. The van der Waals surface area contributed by atoms with Gasteiger partial charge in [-0.2, -0.15) is 0 Å². The van der Waals surface area contributed by atoms with Crippen molar-refractivity contribution in [3.05, 3.63) is 35.6 Å². The number of nitrogens with two attached hydrogens (primary N) is 1. The summed E-state index contributed by atoms with van der Waals surface area (Å²) in [5, 5.41) is 0. The second kappa shape index (κ2) is 6.23. The number of nitrogens with zero attached hydrogens (tertiary/aromatic N) is 1. The van der Waals surface area contributed by atoms with Gasteiger partial charge < -0.3 is 5.73 Å². The Morgan fingerprint density at radius 3 is 2.25 bits per heavy atom. The molecule has 0 amide bonds. The average molecular weight is 278 g/mol. The number of rotatable bonds is 4. The van der Waals surface area contributed by atoms with Crippen LogP contribution in [0.5, 0.6) is 0 Å². The second-order valence-corrected chi connectivity index (χ2v) is 6.34. The van der Waals surface area contributed by atoms with Gasteiger partial charge >= 0.3 is 0 Å². The summed E-state index contributed by atoms with van der Waals surface area (Å²) in [6.45, 7) is 8.47. The van der Waals surface area contributed by atoms with E-state index in [1.807, 2.05) is 12.1 Å². The van der Waals surface area contributed by atoms with Gasteiger partial charge in [-0.3, -0.25) is 4.90 Å². The number of hydrogen-bond acceptors (Lipinski definition) is 2. The fraction of sp³-hybridized carbons (Fsp3) is 0.647. The van der Waals surface area contributed by atoms with Crippen molar-refractivity contribution in [3.8, 4) is 0 Å². The van der Waals surface area contributed by atoms with Crippen molar-refractivity contribution in [2.75, 3.05) is 13.1 Å². The summed E-state index contributed by atoms with van der Waals surface area (Å²) in [7, 11) is 0. The van der Waals surface area contributed by atoms with Crippen LogP contribution in [0, 0.1) is 11.7 Å². The minimum Gasteiger partial charge on any atom is -0.320 e. The lowest BCUT2D eigenvalue weighted by Gasteiger charge is -2.46. The molecule has 2 nitrogen and oxygen atoms in total. The highest BCUT2D eigenvalue weighted by Crippen LogP contribution is 2.35. The highest BCUT2D eigenvalue weighted by Gasteiger charge is 2.41. The van der Waals surface area contributed by atoms with Crippen LogP contribution in [0.2, 0.25) is 0 Å². The zero-order chi connectivity index (χ0) is 14.8. The van der Waals surface area contributed by atoms with E-state index in [2.05, 4.69) is 25.7 Å². The molecular weight excluding hydrogens is 251 g/mol. The van der Waals surface area contributed by atoms with Crippen LogP contribution in [-0.4, -0.2) is 24.0 Å². The lowest BCUT2D eigenvalue weighted by molar-refractivity contribution is 0.0802. The van der Waals surface area contributed by atoms with Gasteiger partial charge in [0.15, 0.2) is 0 Å². The van der Waals surface area contributed by atoms with E-state index in [1.54, 1.807) is 6.07 Å². The van der Waals surface area contributed by atoms with Gasteiger partial charge in [0, 0.05) is 11.6 Å². The predicted molar refractivity (Wildman–Crippen MR) is 82.0 cm³/mol. The highest BCUT2D eigenvalue weighted by molar-refractivity contribution is 5.28. The Morgan fingerprint density at radius 1 is 1.10 bits per heavy atom. The van der Waals surface area contributed by atoms with Crippen LogP contribution in [0.3, 0.4) is 0 Å². The molecule has 112 valence electrons. The molecule has 3 heteroatoms. The molecule has 1 aromatic carbocycles. The molecule has 20 heavy (non-hydrogen) atoms. The summed E-state index contributed by atoms with van der Waals surface area (Å²) >= 11 is 0. The van der Waals surface area contributed by atoms with Crippen molar-refractivity contribution in [1.29, 1.82) is 0 Å². The highest BCUT2D eigenvalue weighted by atomic mass is 19.1. The van der Waals surface area contributed by atoms with E-state index in [0.717, 1.165) is 13.1 Å². The van der Waals surface area contributed by atoms with Crippen LogP contribution in [-0.2, 0) is 5.54 Å². The molecule has 1 aromatic rings. The minimum atomic E-state index is -0.650. The quantitative estimate of drug-likeness (QED) is 0.913. The Morgan fingerprint density at radius 2 is 1.70 bits per heavy atom. The first-order chi connectivity index (χ1) is 9.48. The van der Waals surface area contributed by atoms with Crippen LogP contribution in [0.25, 0.3) is 0 Å². The fourth-order valence-corrected chi connectivity index (χ4v) is 3.44. The van der Waals surface area contributed by atoms with Gasteiger partial charge in [0.25, 0.3) is 0 Å². The topological polar surface area (TPSA) is 29.3 Å². The molecule has 0 saturated carbocycles. The monoisotopic (exact) mass is 278 g/mol. The number of likely N-dealkylation sites (tertiary alicyclic amines) is 1. The van der Waals surface area contributed by atoms with Gasteiger partial charge in [-0.25, -0.2) is 4.39 Å². The zero-order valence-electron chi connectivity index (χ0n) is 12.9. The molecule has 0 aliphatic carbocycles. The van der Waals surface area contributed by atoms with Gasteiger partial charge in [-0.05, 0) is 44.8 Å². The first-order valence-electron chi connectivity index (χ1n) is 7.76. The average Bonchev–Trinajstić information content (AvgIpc) is 2.47. The number of halogens is 1. The van der Waals surface area contributed by atoms with Crippen LogP contribution in [0.4, 0.5) is 4.39 Å². The van der Waals surface area contributed by atoms with Crippen molar-refractivity contribution in [1.82, 2.24) is 4.90 Å². The SMILES string of the molecule is CC(C)C(N)(c1ccccc1F)C(C)N1CCCCC1. The maximum Gasteiger partial charge on any atom is 0.128 e. The van der Waals surface area contributed by atoms with E-state index in [-0.39, 0.29) is 17.8 Å². The summed E-state index contributed by atoms with van der Waals surface area (Å²) in [5.41, 5.74) is 6.75. The van der Waals surface area contributed by atoms with E-state index in [4.69, 9.17) is 5.73 Å². The molecule has 1 heterocycles. The van der Waals surface area contributed by atoms with Gasteiger partial charge in [0.1, 0.15) is 5.82 Å². The number of hydrogen-bond donors (Lipinski definition) is 1. The summed E-state index contributed by atoms with van der Waals surface area (Å²) in [6, 6.07) is 7.11. The number of benzene rings is 1. The van der Waals surface area contributed by atoms with Crippen LogP contribution >= 0.6 is 0 Å². The van der Waals surface area contributed by atoms with Crippen molar-refractivity contribution in [2.45, 2.75) is 51.6 Å². The largest absolute Gasteiger partial charge is 0.320 e. The zero-order valence-corrected chi connectivity index (χ0v) is 12.9. The van der Waals surface area contributed by atoms with Crippen molar-refractivity contribution in [3.63, 3.8) is 0 Å². The molecule has 1 saturated heterocycles. The Balaban J connectivity index is 2.36. The molecule has 0 aromatic heterocycles. The maximum absolute atomic E-state index is 14.3. The smallest absolute Gasteiger partial charge is 0.128 e. The fourth-order valence-electron chi connectivity index (χ4n) is 3.44. The molecule has 0 radical (unpaired) electrons. The van der Waals surface area contributed by atoms with Crippen molar-refractivity contribution >= 4 is 0 Å². The van der Waals surface area contributed by atoms with Crippen LogP contribution in [0.1, 0.15) is 45.6 Å². The van der Waals surface area contributed by atoms with Gasteiger partial charge in [-0.1, -0.05) is 38.5 Å². The molecule has 2 rings (SSSR count). The Labute approximate surface area is 122 Å². The van der Waals surface area contributed by atoms with Crippen molar-refractivity contribution in [2.24, 2.45) is 11.7 Å². The Bertz CT molecular complexity index is 440. The third-order valence-electron chi connectivity index (χ3n) is 4.93. The molecule has 1 fully saturated rings. The molecule has 0 spiro atoms. The van der Waals surface area contributed by atoms with Crippen molar-refractivity contribution < 1.29 is 4.39 Å². The lowest BCUT2D eigenvalue weighted by atomic mass is 9.74. The summed E-state index contributed by atoms with van der Waals surface area (Å²) in [5.74, 6) is -0.0103. The first kappa shape index (κ1) is 15.5. The lowest BCUT2D eigenvalue weighted by Crippen LogP contribution is -2.59.